The second kappa shape index (κ2) is 8.32. The molecule has 0 N–H and O–H groups in total. The molecule has 2 aliphatic heterocycles. The summed E-state index contributed by atoms with van der Waals surface area (Å²) in [6.45, 7) is 0.148. The topological polar surface area (TPSA) is 16.1 Å². The maximum atomic E-state index is 4.15. The van der Waals surface area contributed by atoms with Crippen molar-refractivity contribution < 1.29 is 0 Å². The number of nitrogens with zero attached hydrogens (tertiary/aromatic N) is 2. The average molecular weight is 482 g/mol. The van der Waals surface area contributed by atoms with E-state index in [2.05, 4.69) is 137 Å². The Bertz CT molecular complexity index is 1830. The highest BCUT2D eigenvalue weighted by molar-refractivity contribution is 6.92. The van der Waals surface area contributed by atoms with Gasteiger partial charge in [-0.2, -0.15) is 0 Å². The highest BCUT2D eigenvalue weighted by Gasteiger charge is 2.41. The first-order valence-corrected chi connectivity index (χ1v) is 13.1. The third-order valence-electron chi connectivity index (χ3n) is 8.00. The van der Waals surface area contributed by atoms with Crippen molar-refractivity contribution in [2.75, 3.05) is 4.81 Å². The number of benzene rings is 5. The van der Waals surface area contributed by atoms with Crippen molar-refractivity contribution in [3.8, 4) is 44.5 Å². The van der Waals surface area contributed by atoms with Crippen molar-refractivity contribution in [2.24, 2.45) is 0 Å². The minimum Gasteiger partial charge on any atom is -0.376 e. The summed E-state index contributed by atoms with van der Waals surface area (Å²) < 4.78 is 0. The molecule has 0 radical (unpaired) electrons. The van der Waals surface area contributed by atoms with Crippen molar-refractivity contribution in [3.63, 3.8) is 0 Å². The molecule has 1 aromatic heterocycles. The molecule has 0 amide bonds. The van der Waals surface area contributed by atoms with Crippen LogP contribution in [-0.4, -0.2) is 11.8 Å². The Labute approximate surface area is 223 Å². The SMILES string of the molecule is c1ccc2c(c1)B1c3ccccc3-c3cc(-c4ccc(-c5ccncc5)cc4)ccc3N1c1ccccc1-2. The fourth-order valence-electron chi connectivity index (χ4n) is 6.27. The molecule has 0 saturated heterocycles. The molecule has 3 heteroatoms. The van der Waals surface area contributed by atoms with E-state index in [0.717, 1.165) is 0 Å². The van der Waals surface area contributed by atoms with Crippen LogP contribution in [0.4, 0.5) is 11.4 Å². The Hall–Kier alpha value is -4.89. The maximum Gasteiger partial charge on any atom is 0.329 e. The lowest BCUT2D eigenvalue weighted by atomic mass is 9.43. The van der Waals surface area contributed by atoms with Crippen LogP contribution in [0.3, 0.4) is 0 Å². The molecule has 2 aliphatic rings. The average Bonchev–Trinajstić information content (AvgIpc) is 3.01. The monoisotopic (exact) mass is 482 g/mol. The van der Waals surface area contributed by atoms with Crippen LogP contribution in [0.25, 0.3) is 44.5 Å². The van der Waals surface area contributed by atoms with Crippen molar-refractivity contribution >= 4 is 29.1 Å². The van der Waals surface area contributed by atoms with Gasteiger partial charge in [0.25, 0.3) is 0 Å². The number of anilines is 2. The summed E-state index contributed by atoms with van der Waals surface area (Å²) in [6, 6.07) is 46.5. The highest BCUT2D eigenvalue weighted by Crippen LogP contribution is 2.46. The van der Waals surface area contributed by atoms with Gasteiger partial charge in [0.1, 0.15) is 0 Å². The number of pyridine rings is 1. The van der Waals surface area contributed by atoms with E-state index in [4.69, 9.17) is 0 Å². The molecular weight excluding hydrogens is 459 g/mol. The lowest BCUT2D eigenvalue weighted by Gasteiger charge is -2.43. The standard InChI is InChI=1S/C35H23BN2/c1-4-10-32-28(7-1)30-9-3-6-12-34(30)38-35-18-17-27(23-31(35)29-8-2-5-11-33(29)36(32)38)25-15-13-24(14-16-25)26-19-21-37-22-20-26/h1-23H. The lowest BCUT2D eigenvalue weighted by molar-refractivity contribution is 1.33. The van der Waals surface area contributed by atoms with Gasteiger partial charge in [-0.25, -0.2) is 0 Å². The van der Waals surface area contributed by atoms with Crippen LogP contribution in [0.5, 0.6) is 0 Å². The van der Waals surface area contributed by atoms with E-state index >= 15 is 0 Å². The molecule has 0 spiro atoms. The molecule has 2 nitrogen and oxygen atoms in total. The van der Waals surface area contributed by atoms with Crippen molar-refractivity contribution in [1.29, 1.82) is 0 Å². The van der Waals surface area contributed by atoms with Crippen molar-refractivity contribution in [3.05, 3.63) is 140 Å². The summed E-state index contributed by atoms with van der Waals surface area (Å²) in [5.74, 6) is 0. The molecule has 8 rings (SSSR count). The van der Waals surface area contributed by atoms with Crippen LogP contribution in [0.1, 0.15) is 0 Å². The summed E-state index contributed by atoms with van der Waals surface area (Å²) in [5, 5.41) is 0. The fourth-order valence-corrected chi connectivity index (χ4v) is 6.27. The quantitative estimate of drug-likeness (QED) is 0.241. The Morgan fingerprint density at radius 3 is 1.63 bits per heavy atom. The minimum absolute atomic E-state index is 0.148. The summed E-state index contributed by atoms with van der Waals surface area (Å²) in [4.78, 5) is 6.69. The molecule has 3 heterocycles. The van der Waals surface area contributed by atoms with Gasteiger partial charge in [-0.05, 0) is 74.6 Å². The number of para-hydroxylation sites is 1. The van der Waals surface area contributed by atoms with Crippen LogP contribution < -0.4 is 15.7 Å². The number of hydrogen-bond donors (Lipinski definition) is 0. The van der Waals surface area contributed by atoms with Crippen LogP contribution in [0.15, 0.2) is 140 Å². The van der Waals surface area contributed by atoms with E-state index in [1.54, 1.807) is 0 Å². The zero-order chi connectivity index (χ0) is 25.1. The molecule has 38 heavy (non-hydrogen) atoms. The van der Waals surface area contributed by atoms with Gasteiger partial charge in [-0.3, -0.25) is 4.98 Å². The molecular formula is C35H23BN2. The normalized spacial score (nSPS) is 12.6. The van der Waals surface area contributed by atoms with E-state index in [1.165, 1.54) is 66.8 Å². The highest BCUT2D eigenvalue weighted by atomic mass is 15.1. The maximum absolute atomic E-state index is 4.15. The van der Waals surface area contributed by atoms with Gasteiger partial charge in [0, 0.05) is 34.9 Å². The Morgan fingerprint density at radius 2 is 0.921 bits per heavy atom. The number of hydrogen-bond acceptors (Lipinski definition) is 2. The number of aromatic nitrogens is 1. The summed E-state index contributed by atoms with van der Waals surface area (Å²) in [5.41, 5.74) is 15.3. The third kappa shape index (κ3) is 3.12. The molecule has 0 atom stereocenters. The van der Waals surface area contributed by atoms with Gasteiger partial charge in [0.05, 0.1) is 0 Å². The predicted molar refractivity (Wildman–Crippen MR) is 160 cm³/mol. The fraction of sp³-hybridized carbons (Fsp3) is 0. The van der Waals surface area contributed by atoms with E-state index in [-0.39, 0.29) is 6.85 Å². The molecule has 0 saturated carbocycles. The zero-order valence-corrected chi connectivity index (χ0v) is 20.8. The molecule has 0 fully saturated rings. The largest absolute Gasteiger partial charge is 0.376 e. The Balaban J connectivity index is 1.30. The Morgan fingerprint density at radius 1 is 0.421 bits per heavy atom. The second-order valence-electron chi connectivity index (χ2n) is 10.0. The summed E-state index contributed by atoms with van der Waals surface area (Å²) >= 11 is 0. The first kappa shape index (κ1) is 21.2. The number of rotatable bonds is 2. The number of fused-ring (bicyclic) bond motifs is 11. The lowest BCUT2D eigenvalue weighted by Crippen LogP contribution is -2.59. The van der Waals surface area contributed by atoms with E-state index < -0.39 is 0 Å². The van der Waals surface area contributed by atoms with Gasteiger partial charge in [-0.15, -0.1) is 0 Å². The van der Waals surface area contributed by atoms with Gasteiger partial charge in [0.15, 0.2) is 0 Å². The van der Waals surface area contributed by atoms with Crippen LogP contribution in [-0.2, 0) is 0 Å². The molecule has 0 unspecified atom stereocenters. The summed E-state index contributed by atoms with van der Waals surface area (Å²) in [7, 11) is 0. The van der Waals surface area contributed by atoms with Crippen LogP contribution in [0, 0.1) is 0 Å². The molecule has 0 bridgehead atoms. The summed E-state index contributed by atoms with van der Waals surface area (Å²) in [6.07, 6.45) is 3.68. The third-order valence-corrected chi connectivity index (χ3v) is 8.00. The minimum atomic E-state index is 0.148. The first-order valence-electron chi connectivity index (χ1n) is 13.1. The smallest absolute Gasteiger partial charge is 0.329 e. The van der Waals surface area contributed by atoms with E-state index in [0.29, 0.717) is 0 Å². The van der Waals surface area contributed by atoms with Gasteiger partial charge in [0.2, 0.25) is 0 Å². The van der Waals surface area contributed by atoms with Crippen LogP contribution >= 0.6 is 0 Å². The van der Waals surface area contributed by atoms with E-state index in [1.807, 2.05) is 12.4 Å². The van der Waals surface area contributed by atoms with Crippen molar-refractivity contribution in [1.82, 2.24) is 4.98 Å². The predicted octanol–water partition coefficient (Wildman–Crippen LogP) is 7.32. The molecule has 176 valence electrons. The van der Waals surface area contributed by atoms with Crippen LogP contribution in [0.2, 0.25) is 0 Å². The molecule has 5 aromatic carbocycles. The van der Waals surface area contributed by atoms with E-state index in [9.17, 15) is 0 Å². The Kier molecular flexibility index (Phi) is 4.65. The zero-order valence-electron chi connectivity index (χ0n) is 20.8. The molecule has 0 aliphatic carbocycles. The van der Waals surface area contributed by atoms with Crippen molar-refractivity contribution in [2.45, 2.75) is 0 Å². The van der Waals surface area contributed by atoms with Gasteiger partial charge >= 0.3 is 6.85 Å². The molecule has 6 aromatic rings. The van der Waals surface area contributed by atoms with Gasteiger partial charge < -0.3 is 4.81 Å². The van der Waals surface area contributed by atoms with Gasteiger partial charge in [-0.1, -0.05) is 97.1 Å². The second-order valence-corrected chi connectivity index (χ2v) is 10.0. The first-order chi connectivity index (χ1) is 18.9.